The number of phosphoric ester groups is 2. The molecular weight excluding hydrogens is 1310 g/mol. The lowest BCUT2D eigenvalue weighted by Crippen LogP contribution is -2.30. The number of esters is 4. The maximum absolute atomic E-state index is 13.1. The van der Waals surface area contributed by atoms with Gasteiger partial charge in [0.15, 0.2) is 12.2 Å². The zero-order chi connectivity index (χ0) is 73.2. The van der Waals surface area contributed by atoms with Crippen molar-refractivity contribution in [3.05, 3.63) is 109 Å². The van der Waals surface area contributed by atoms with Gasteiger partial charge in [-0.05, 0) is 128 Å². The number of carbonyl (C=O) groups excluding carboxylic acids is 4. The maximum atomic E-state index is 13.1. The van der Waals surface area contributed by atoms with Gasteiger partial charge in [-0.15, -0.1) is 0 Å². The van der Waals surface area contributed by atoms with Gasteiger partial charge in [0.05, 0.1) is 26.4 Å². The van der Waals surface area contributed by atoms with Crippen molar-refractivity contribution in [3.8, 4) is 0 Å². The van der Waals surface area contributed by atoms with Gasteiger partial charge in [0.2, 0.25) is 0 Å². The van der Waals surface area contributed by atoms with E-state index in [-0.39, 0.29) is 25.7 Å². The minimum absolute atomic E-state index is 0.0802. The van der Waals surface area contributed by atoms with Crippen LogP contribution >= 0.6 is 15.6 Å². The Morgan fingerprint density at radius 1 is 0.290 bits per heavy atom. The molecule has 0 aliphatic heterocycles. The summed E-state index contributed by atoms with van der Waals surface area (Å²) < 4.78 is 68.5. The van der Waals surface area contributed by atoms with E-state index in [2.05, 4.69) is 137 Å². The number of unbranched alkanes of at least 4 members (excludes halogenated alkanes) is 29. The van der Waals surface area contributed by atoms with Crippen molar-refractivity contribution >= 4 is 39.5 Å². The number of aliphatic hydroxyl groups is 1. The van der Waals surface area contributed by atoms with Gasteiger partial charge < -0.3 is 33.8 Å². The third-order valence-electron chi connectivity index (χ3n) is 16.2. The van der Waals surface area contributed by atoms with Crippen molar-refractivity contribution in [1.29, 1.82) is 0 Å². The van der Waals surface area contributed by atoms with E-state index in [9.17, 15) is 43.2 Å². The van der Waals surface area contributed by atoms with Gasteiger partial charge in [0.25, 0.3) is 0 Å². The summed E-state index contributed by atoms with van der Waals surface area (Å²) in [6, 6.07) is 0. The number of carbonyl (C=O) groups is 4. The largest absolute Gasteiger partial charge is 0.472 e. The fraction of sp³-hybridized carbons (Fsp3) is 0.728. The molecule has 0 aliphatic rings. The number of aliphatic hydroxyl groups excluding tert-OH is 1. The van der Waals surface area contributed by atoms with E-state index < -0.39 is 97.5 Å². The molecule has 3 N–H and O–H groups in total. The quantitative estimate of drug-likeness (QED) is 0.0169. The first-order valence-electron chi connectivity index (χ1n) is 39.1. The molecule has 0 aromatic carbocycles. The van der Waals surface area contributed by atoms with Crippen LogP contribution in [-0.2, 0) is 65.4 Å². The molecule has 0 saturated heterocycles. The summed E-state index contributed by atoms with van der Waals surface area (Å²) >= 11 is 0. The summed E-state index contributed by atoms with van der Waals surface area (Å²) in [5.41, 5.74) is 0. The molecular formula is C81H140O17P2. The summed E-state index contributed by atoms with van der Waals surface area (Å²) in [5.74, 6) is -2.23. The standard InChI is InChI=1S/C81H140O17P2/c1-5-9-13-17-21-25-29-33-35-36-37-38-40-44-46-50-54-58-62-66-79(84)92-72-77(98-81(86)68-64-60-56-52-48-42-32-28-24-20-16-12-8-4)74-96-100(89,90)94-70-75(82)69-93-99(87,88)95-73-76(97-80(85)67-63-59-55-51-47-41-31-27-23-19-15-11-7-3)71-91-78(83)65-61-57-53-49-45-43-39-34-30-26-22-18-14-10-6-2/h9-10,13-14,21-22,25-26,28,32-35,37-39,45,49,75-77,82H,5-8,11-12,15-20,23-24,27,29-31,36,40-44,46-48,50-74H2,1-4H3,(H,87,88)(H,89,90)/b13-9-,14-10-,25-21-,26-22-,32-28-,35-33-,38-37-,39-34-,49-45-. The number of hydrogen-bond acceptors (Lipinski definition) is 15. The topological polar surface area (TPSA) is 237 Å². The van der Waals surface area contributed by atoms with Crippen LogP contribution in [-0.4, -0.2) is 96.7 Å². The first-order chi connectivity index (χ1) is 48.7. The number of phosphoric acid groups is 2. The molecule has 0 fully saturated rings. The molecule has 0 radical (unpaired) electrons. The van der Waals surface area contributed by atoms with E-state index in [0.29, 0.717) is 25.7 Å². The monoisotopic (exact) mass is 1450 g/mol. The van der Waals surface area contributed by atoms with Gasteiger partial charge in [-0.2, -0.15) is 0 Å². The molecule has 0 heterocycles. The van der Waals surface area contributed by atoms with Gasteiger partial charge in [-0.25, -0.2) is 9.13 Å². The van der Waals surface area contributed by atoms with Crippen molar-refractivity contribution < 1.29 is 80.2 Å². The smallest absolute Gasteiger partial charge is 0.462 e. The predicted octanol–water partition coefficient (Wildman–Crippen LogP) is 22.6. The zero-order valence-corrected chi connectivity index (χ0v) is 64.6. The van der Waals surface area contributed by atoms with E-state index in [4.69, 9.17) is 37.0 Å². The lowest BCUT2D eigenvalue weighted by molar-refractivity contribution is -0.161. The van der Waals surface area contributed by atoms with Crippen LogP contribution in [0.4, 0.5) is 0 Å². The Bertz CT molecular complexity index is 2320. The van der Waals surface area contributed by atoms with Gasteiger partial charge in [0.1, 0.15) is 19.3 Å². The minimum Gasteiger partial charge on any atom is -0.462 e. The highest BCUT2D eigenvalue weighted by Crippen LogP contribution is 2.45. The Kier molecular flexibility index (Phi) is 69.9. The van der Waals surface area contributed by atoms with Crippen molar-refractivity contribution in [2.45, 2.75) is 341 Å². The predicted molar refractivity (Wildman–Crippen MR) is 408 cm³/mol. The van der Waals surface area contributed by atoms with E-state index in [0.717, 1.165) is 167 Å². The maximum Gasteiger partial charge on any atom is 0.472 e. The molecule has 19 heteroatoms. The second kappa shape index (κ2) is 73.0. The Balaban J connectivity index is 5.36. The third-order valence-corrected chi connectivity index (χ3v) is 18.1. The molecule has 0 aliphatic carbocycles. The molecule has 0 spiro atoms. The van der Waals surface area contributed by atoms with Crippen molar-refractivity contribution in [1.82, 2.24) is 0 Å². The van der Waals surface area contributed by atoms with Crippen LogP contribution in [0.2, 0.25) is 0 Å². The zero-order valence-electron chi connectivity index (χ0n) is 62.8. The number of hydrogen-bond donors (Lipinski definition) is 3. The SMILES string of the molecule is CC/C=C\C/C=C\C/C=C\C/C=C\CCCCCCCCC(=O)OCC(COP(=O)(O)OCC(O)COP(=O)(O)OCC(COC(=O)CCCC/C=C\C/C=C\C/C=C\C/C=C\CC)OC(=O)CCCCCCCCCCCCCCC)OC(=O)CCCCCCC/C=C\CCCCCC. The number of ether oxygens (including phenoxy) is 4. The Morgan fingerprint density at radius 2 is 0.520 bits per heavy atom. The molecule has 100 heavy (non-hydrogen) atoms. The van der Waals surface area contributed by atoms with E-state index in [1.165, 1.54) is 77.0 Å². The highest BCUT2D eigenvalue weighted by atomic mass is 31.2. The molecule has 5 unspecified atom stereocenters. The van der Waals surface area contributed by atoms with E-state index in [1.54, 1.807) is 0 Å². The average Bonchev–Trinajstić information content (AvgIpc) is 0.935. The van der Waals surface area contributed by atoms with Crippen LogP contribution in [0.5, 0.6) is 0 Å². The molecule has 5 atom stereocenters. The normalized spacial score (nSPS) is 14.5. The van der Waals surface area contributed by atoms with Crippen LogP contribution in [0.25, 0.3) is 0 Å². The summed E-state index contributed by atoms with van der Waals surface area (Å²) in [4.78, 5) is 72.9. The first kappa shape index (κ1) is 95.7. The molecule has 0 aromatic rings. The molecule has 576 valence electrons. The van der Waals surface area contributed by atoms with Crippen LogP contribution < -0.4 is 0 Å². The molecule has 17 nitrogen and oxygen atoms in total. The van der Waals surface area contributed by atoms with Crippen molar-refractivity contribution in [3.63, 3.8) is 0 Å². The number of rotatable bonds is 73. The van der Waals surface area contributed by atoms with E-state index in [1.807, 2.05) is 0 Å². The molecule has 0 saturated carbocycles. The minimum atomic E-state index is -4.98. The number of allylic oxidation sites excluding steroid dienone is 18. The second-order valence-corrected chi connectivity index (χ2v) is 28.8. The van der Waals surface area contributed by atoms with Crippen molar-refractivity contribution in [2.75, 3.05) is 39.6 Å². The second-order valence-electron chi connectivity index (χ2n) is 25.9. The lowest BCUT2D eigenvalue weighted by Gasteiger charge is -2.21. The van der Waals surface area contributed by atoms with E-state index >= 15 is 0 Å². The summed E-state index contributed by atoms with van der Waals surface area (Å²) in [6.07, 6.45) is 77.9. The van der Waals surface area contributed by atoms with Crippen LogP contribution in [0.15, 0.2) is 109 Å². The summed E-state index contributed by atoms with van der Waals surface area (Å²) in [6.45, 7) is 4.58. The van der Waals surface area contributed by atoms with Crippen LogP contribution in [0, 0.1) is 0 Å². The highest BCUT2D eigenvalue weighted by molar-refractivity contribution is 7.47. The summed E-state index contributed by atoms with van der Waals surface area (Å²) in [5, 5.41) is 10.6. The fourth-order valence-electron chi connectivity index (χ4n) is 10.3. The molecule has 0 aromatic heterocycles. The Hall–Kier alpha value is -4.28. The Morgan fingerprint density at radius 3 is 0.840 bits per heavy atom. The average molecular weight is 1450 g/mol. The van der Waals surface area contributed by atoms with Gasteiger partial charge in [-0.1, -0.05) is 278 Å². The highest BCUT2D eigenvalue weighted by Gasteiger charge is 2.30. The molecule has 0 rings (SSSR count). The Labute approximate surface area is 607 Å². The van der Waals surface area contributed by atoms with Gasteiger partial charge >= 0.3 is 39.5 Å². The lowest BCUT2D eigenvalue weighted by atomic mass is 10.0. The first-order valence-corrected chi connectivity index (χ1v) is 42.1. The molecule has 0 amide bonds. The third kappa shape index (κ3) is 72.1. The van der Waals surface area contributed by atoms with Crippen LogP contribution in [0.3, 0.4) is 0 Å². The van der Waals surface area contributed by atoms with Crippen molar-refractivity contribution in [2.24, 2.45) is 0 Å². The fourth-order valence-corrected chi connectivity index (χ4v) is 11.9. The van der Waals surface area contributed by atoms with Gasteiger partial charge in [0, 0.05) is 25.7 Å². The molecule has 0 bridgehead atoms. The van der Waals surface area contributed by atoms with Crippen LogP contribution in [0.1, 0.15) is 323 Å². The summed E-state index contributed by atoms with van der Waals surface area (Å²) in [7, 11) is -9.96. The van der Waals surface area contributed by atoms with Gasteiger partial charge in [-0.3, -0.25) is 37.3 Å².